The minimum atomic E-state index is -1.86. The lowest BCUT2D eigenvalue weighted by Gasteiger charge is -2.31. The van der Waals surface area contributed by atoms with Gasteiger partial charge in [0.05, 0.1) is 14.2 Å². The van der Waals surface area contributed by atoms with Crippen LogP contribution >= 0.6 is 0 Å². The van der Waals surface area contributed by atoms with Gasteiger partial charge in [-0.05, 0) is 140 Å². The normalized spacial score (nSPS) is 18.7. The fraction of sp³-hybridized carbons (Fsp3) is 0.333. The van der Waals surface area contributed by atoms with E-state index in [1.807, 2.05) is 24.3 Å². The Morgan fingerprint density at radius 2 is 0.641 bits per heavy atom. The van der Waals surface area contributed by atoms with E-state index in [2.05, 4.69) is 67.5 Å². The van der Waals surface area contributed by atoms with E-state index in [0.717, 1.165) is 71.2 Å². The van der Waals surface area contributed by atoms with E-state index in [4.69, 9.17) is 29.5 Å². The SMILES string of the molecule is CC1(C)CC2(CC(C)(C)c3cc(O)c(O)cc32)c2cc(O)c(O)cc21.COc1cc2c(cc1OC)C1(CC2(C)C)CC(C)(C)c2cc3c(cc21)Oc1c(C#N)c(O)c(O)c(C#N)c1O3.N#Cc1c(F)c(F)c(C#N)c(F)c1F. The summed E-state index contributed by atoms with van der Waals surface area (Å²) < 4.78 is 74.6. The number of phenolic OH excluding ortho intramolecular Hbond substituents is 6. The van der Waals surface area contributed by atoms with E-state index in [1.165, 1.54) is 11.1 Å². The van der Waals surface area contributed by atoms with Gasteiger partial charge >= 0.3 is 0 Å². The van der Waals surface area contributed by atoms with Gasteiger partial charge in [0, 0.05) is 10.8 Å². The molecule has 400 valence electrons. The number of nitriles is 4. The Hall–Kier alpha value is -9.00. The largest absolute Gasteiger partial charge is 0.504 e. The molecule has 4 aliphatic carbocycles. The highest BCUT2D eigenvalue weighted by molar-refractivity contribution is 5.76. The molecule has 1 unspecified atom stereocenters. The quantitative estimate of drug-likeness (QED) is 0.0535. The average molecular weight is 1070 g/mol. The Bertz CT molecular complexity index is 3670. The van der Waals surface area contributed by atoms with Crippen molar-refractivity contribution in [2.45, 2.75) is 114 Å². The van der Waals surface area contributed by atoms with Crippen LogP contribution in [0, 0.1) is 68.6 Å². The smallest absolute Gasteiger partial charge is 0.193 e. The summed E-state index contributed by atoms with van der Waals surface area (Å²) in [5.41, 5.74) is 3.86. The molecule has 14 nitrogen and oxygen atoms in total. The lowest BCUT2D eigenvalue weighted by molar-refractivity contribution is 0.341. The van der Waals surface area contributed by atoms with Crippen molar-refractivity contribution in [3.8, 4) is 93.3 Å². The molecule has 6 aromatic carbocycles. The first kappa shape index (κ1) is 53.8. The minimum absolute atomic E-state index is 0.0912. The summed E-state index contributed by atoms with van der Waals surface area (Å²) in [5, 5.41) is 96.7. The number of hydrogen-bond donors (Lipinski definition) is 6. The number of aromatic hydroxyl groups is 6. The maximum Gasteiger partial charge on any atom is 0.193 e. The minimum Gasteiger partial charge on any atom is -0.504 e. The highest BCUT2D eigenvalue weighted by Crippen LogP contribution is 2.67. The fourth-order valence-electron chi connectivity index (χ4n) is 13.3. The molecule has 11 rings (SSSR count). The molecule has 0 saturated heterocycles. The second kappa shape index (κ2) is 17.8. The van der Waals surface area contributed by atoms with Crippen molar-refractivity contribution < 1.29 is 67.1 Å². The Kier molecular flexibility index (Phi) is 12.3. The van der Waals surface area contributed by atoms with Gasteiger partial charge in [0.15, 0.2) is 92.3 Å². The number of hydrogen-bond acceptors (Lipinski definition) is 14. The molecule has 78 heavy (non-hydrogen) atoms. The molecule has 2 spiro atoms. The number of ether oxygens (including phenoxy) is 4. The first-order valence-electron chi connectivity index (χ1n) is 24.5. The first-order valence-corrected chi connectivity index (χ1v) is 24.5. The zero-order valence-electron chi connectivity index (χ0n) is 44.1. The number of methoxy groups -OCH3 is 2. The van der Waals surface area contributed by atoms with Crippen LogP contribution in [0.3, 0.4) is 0 Å². The summed E-state index contributed by atoms with van der Waals surface area (Å²) in [4.78, 5) is 0. The standard InChI is InChI=1S/C31H28N2O6.C21H24O4.C8F4N2/c1-29(2)13-31(19-9-22(37-6)21(36-5)7-17(19)29)14-30(3,4)18-8-23-24(10-20(18)31)39-28-16(12-33)26(35)25(34)15(11-32)27(28)38-23;1-19(2)9-21(13-7-17(24)15(22)5-11(13)19)10-20(3,4)12-6-16(23)18(25)8-14(12)21;9-5-3(1-13)6(10)8(12)4(2-14)7(5)11/h7-10,34-35H,13-14H2,1-6H3;5-8,22-25H,9-10H2,1-4H3;. The average Bonchev–Trinajstić information content (AvgIpc) is 3.16. The third-order valence-electron chi connectivity index (χ3n) is 16.3. The predicted molar refractivity (Wildman–Crippen MR) is 273 cm³/mol. The highest BCUT2D eigenvalue weighted by Gasteiger charge is 2.59. The fourth-order valence-corrected chi connectivity index (χ4v) is 13.3. The number of fused-ring (bicyclic) bond motifs is 10. The molecule has 1 aliphatic heterocycles. The third-order valence-corrected chi connectivity index (χ3v) is 16.3. The molecule has 0 fully saturated rings. The predicted octanol–water partition coefficient (Wildman–Crippen LogP) is 12.5. The van der Waals surface area contributed by atoms with Gasteiger partial charge in [-0.2, -0.15) is 21.0 Å². The molecule has 18 heteroatoms. The molecule has 1 heterocycles. The van der Waals surface area contributed by atoms with Crippen LogP contribution in [0.15, 0.2) is 48.5 Å². The summed E-state index contributed by atoms with van der Waals surface area (Å²) in [6, 6.07) is 20.4. The number of phenols is 6. The van der Waals surface area contributed by atoms with E-state index in [1.54, 1.807) is 38.5 Å². The number of nitrogens with zero attached hydrogens (tertiary/aromatic N) is 4. The Labute approximate surface area is 446 Å². The maximum absolute atomic E-state index is 12.7. The number of benzene rings is 6. The molecule has 0 radical (unpaired) electrons. The van der Waals surface area contributed by atoms with Gasteiger partial charge in [0.25, 0.3) is 0 Å². The van der Waals surface area contributed by atoms with E-state index < -0.39 is 45.9 Å². The van der Waals surface area contributed by atoms with Crippen LogP contribution in [0.1, 0.15) is 148 Å². The molecular formula is C60H52F4N4O10. The van der Waals surface area contributed by atoms with Gasteiger partial charge in [0.2, 0.25) is 0 Å². The zero-order chi connectivity index (χ0) is 57.3. The van der Waals surface area contributed by atoms with Crippen LogP contribution in [0.25, 0.3) is 0 Å². The van der Waals surface area contributed by atoms with Gasteiger partial charge in [-0.25, -0.2) is 17.6 Å². The molecule has 1 atom stereocenters. The summed E-state index contributed by atoms with van der Waals surface area (Å²) >= 11 is 0. The summed E-state index contributed by atoms with van der Waals surface area (Å²) in [6.07, 6.45) is 3.33. The van der Waals surface area contributed by atoms with Gasteiger partial charge in [-0.1, -0.05) is 55.4 Å². The van der Waals surface area contributed by atoms with Crippen LogP contribution in [-0.2, 0) is 32.5 Å². The van der Waals surface area contributed by atoms with Crippen molar-refractivity contribution in [3.05, 3.63) is 139 Å². The van der Waals surface area contributed by atoms with Crippen molar-refractivity contribution in [3.63, 3.8) is 0 Å². The Morgan fingerprint density at radius 1 is 0.397 bits per heavy atom. The van der Waals surface area contributed by atoms with E-state index in [-0.39, 0.29) is 78.1 Å². The van der Waals surface area contributed by atoms with Crippen molar-refractivity contribution in [1.29, 1.82) is 21.0 Å². The van der Waals surface area contributed by atoms with Crippen molar-refractivity contribution in [2.24, 2.45) is 0 Å². The summed E-state index contributed by atoms with van der Waals surface area (Å²) in [6.45, 7) is 17.5. The van der Waals surface area contributed by atoms with Crippen molar-refractivity contribution >= 4 is 0 Å². The summed E-state index contributed by atoms with van der Waals surface area (Å²) in [5.74, 6) is -7.38. The van der Waals surface area contributed by atoms with E-state index in [0.29, 0.717) is 23.0 Å². The van der Waals surface area contributed by atoms with E-state index in [9.17, 15) is 58.7 Å². The monoisotopic (exact) mass is 1060 g/mol. The van der Waals surface area contributed by atoms with Crippen molar-refractivity contribution in [1.82, 2.24) is 0 Å². The van der Waals surface area contributed by atoms with E-state index >= 15 is 0 Å². The van der Waals surface area contributed by atoms with Gasteiger partial charge in [-0.15, -0.1) is 0 Å². The zero-order valence-corrected chi connectivity index (χ0v) is 44.1. The second-order valence-electron chi connectivity index (χ2n) is 23.0. The third kappa shape index (κ3) is 7.68. The van der Waals surface area contributed by atoms with Crippen LogP contribution in [-0.4, -0.2) is 44.9 Å². The lowest BCUT2D eigenvalue weighted by atomic mass is 9.72. The first-order chi connectivity index (χ1) is 36.4. The topological polar surface area (TPSA) is 253 Å². The van der Waals surface area contributed by atoms with Gasteiger partial charge in [0.1, 0.15) is 46.5 Å². The van der Waals surface area contributed by atoms with Crippen LogP contribution in [0.2, 0.25) is 0 Å². The second-order valence-corrected chi connectivity index (χ2v) is 23.0. The molecule has 6 aromatic rings. The molecule has 0 amide bonds. The van der Waals surface area contributed by atoms with Gasteiger partial charge in [-0.3, -0.25) is 0 Å². The Balaban J connectivity index is 0.000000161. The van der Waals surface area contributed by atoms with Crippen LogP contribution in [0.5, 0.6) is 69.0 Å². The maximum atomic E-state index is 12.7. The number of halogens is 4. The van der Waals surface area contributed by atoms with Crippen LogP contribution < -0.4 is 18.9 Å². The molecule has 5 aliphatic rings. The molecule has 0 aromatic heterocycles. The highest BCUT2D eigenvalue weighted by atomic mass is 19.2. The van der Waals surface area contributed by atoms with Crippen LogP contribution in [0.4, 0.5) is 17.6 Å². The molecular weight excluding hydrogens is 1010 g/mol. The van der Waals surface area contributed by atoms with Crippen molar-refractivity contribution in [2.75, 3.05) is 14.2 Å². The molecule has 0 saturated carbocycles. The molecule has 6 N–H and O–H groups in total. The Morgan fingerprint density at radius 3 is 0.949 bits per heavy atom. The van der Waals surface area contributed by atoms with Gasteiger partial charge < -0.3 is 49.6 Å². The number of rotatable bonds is 2. The lowest BCUT2D eigenvalue weighted by Crippen LogP contribution is -2.27. The summed E-state index contributed by atoms with van der Waals surface area (Å²) in [7, 11) is 3.28. The molecule has 0 bridgehead atoms.